The predicted octanol–water partition coefficient (Wildman–Crippen LogP) is 5.61. The molecule has 8 nitrogen and oxygen atoms in total. The van der Waals surface area contributed by atoms with Crippen molar-refractivity contribution in [3.8, 4) is 11.1 Å². The first-order chi connectivity index (χ1) is 16.1. The lowest BCUT2D eigenvalue weighted by atomic mass is 10.0. The van der Waals surface area contributed by atoms with Crippen LogP contribution in [0.2, 0.25) is 0 Å². The summed E-state index contributed by atoms with van der Waals surface area (Å²) in [5.74, 6) is 0.736. The minimum atomic E-state index is -0.410. The van der Waals surface area contributed by atoms with Gasteiger partial charge < -0.3 is 9.72 Å². The number of carbonyl (C=O) groups excluding carboxylic acids is 1. The third kappa shape index (κ3) is 4.27. The van der Waals surface area contributed by atoms with Crippen LogP contribution in [0.3, 0.4) is 0 Å². The van der Waals surface area contributed by atoms with Crippen LogP contribution in [-0.4, -0.2) is 32.4 Å². The number of nitro groups is 1. The van der Waals surface area contributed by atoms with Gasteiger partial charge in [0.2, 0.25) is 0 Å². The Morgan fingerprint density at radius 1 is 1.09 bits per heavy atom. The number of nitrogens with zero attached hydrogens (tertiary/aromatic N) is 3. The molecule has 2 heterocycles. The van der Waals surface area contributed by atoms with Gasteiger partial charge in [-0.3, -0.25) is 15.0 Å². The molecule has 3 aromatic carbocycles. The third-order valence-corrected chi connectivity index (χ3v) is 5.92. The minimum absolute atomic E-state index is 0.0594. The molecule has 166 valence electrons. The van der Waals surface area contributed by atoms with Crippen molar-refractivity contribution in [1.82, 2.24) is 14.9 Å². The zero-order valence-corrected chi connectivity index (χ0v) is 17.8. The Morgan fingerprint density at radius 2 is 1.85 bits per heavy atom. The number of fused-ring (bicyclic) bond motifs is 1. The average Bonchev–Trinajstić information content (AvgIpc) is 3.50. The number of ether oxygens (including phenoxy) is 1. The third-order valence-electron chi connectivity index (χ3n) is 5.92. The molecule has 0 saturated carbocycles. The van der Waals surface area contributed by atoms with Gasteiger partial charge in [0.05, 0.1) is 22.0 Å². The van der Waals surface area contributed by atoms with Crippen LogP contribution in [0.1, 0.15) is 30.3 Å². The van der Waals surface area contributed by atoms with Gasteiger partial charge in [0, 0.05) is 18.7 Å². The Bertz CT molecular complexity index is 1300. The van der Waals surface area contributed by atoms with E-state index in [-0.39, 0.29) is 24.4 Å². The zero-order valence-electron chi connectivity index (χ0n) is 17.8. The number of non-ortho nitro benzene ring substituents is 1. The van der Waals surface area contributed by atoms with E-state index in [2.05, 4.69) is 4.98 Å². The van der Waals surface area contributed by atoms with Crippen molar-refractivity contribution >= 4 is 22.8 Å². The molecule has 1 aliphatic rings. The van der Waals surface area contributed by atoms with Gasteiger partial charge >= 0.3 is 6.09 Å². The number of likely N-dealkylation sites (tertiary alicyclic amines) is 1. The molecule has 5 rings (SSSR count). The molecule has 0 aliphatic carbocycles. The zero-order chi connectivity index (χ0) is 22.8. The second kappa shape index (κ2) is 8.74. The van der Waals surface area contributed by atoms with E-state index in [1.165, 1.54) is 12.1 Å². The normalized spacial score (nSPS) is 15.6. The van der Waals surface area contributed by atoms with E-state index >= 15 is 0 Å². The number of imidazole rings is 1. The monoisotopic (exact) mass is 442 g/mol. The number of carbonyl (C=O) groups is 1. The van der Waals surface area contributed by atoms with E-state index in [0.29, 0.717) is 6.54 Å². The van der Waals surface area contributed by atoms with Gasteiger partial charge in [-0.2, -0.15) is 0 Å². The smallest absolute Gasteiger partial charge is 0.410 e. The van der Waals surface area contributed by atoms with Crippen molar-refractivity contribution in [1.29, 1.82) is 0 Å². The van der Waals surface area contributed by atoms with Gasteiger partial charge in [0.1, 0.15) is 12.4 Å². The number of hydrogen-bond acceptors (Lipinski definition) is 5. The number of benzene rings is 3. The van der Waals surface area contributed by atoms with E-state index in [0.717, 1.165) is 46.4 Å². The van der Waals surface area contributed by atoms with Crippen LogP contribution in [0.25, 0.3) is 22.2 Å². The van der Waals surface area contributed by atoms with Gasteiger partial charge in [0.15, 0.2) is 0 Å². The number of hydrogen-bond donors (Lipinski definition) is 1. The van der Waals surface area contributed by atoms with Gasteiger partial charge in [-0.1, -0.05) is 36.4 Å². The summed E-state index contributed by atoms with van der Waals surface area (Å²) in [4.78, 5) is 33.1. The lowest BCUT2D eigenvalue weighted by Gasteiger charge is -2.22. The molecule has 1 N–H and O–H groups in total. The van der Waals surface area contributed by atoms with E-state index in [9.17, 15) is 14.9 Å². The van der Waals surface area contributed by atoms with Crippen LogP contribution in [0.4, 0.5) is 10.5 Å². The summed E-state index contributed by atoms with van der Waals surface area (Å²) in [5, 5.41) is 10.9. The van der Waals surface area contributed by atoms with Gasteiger partial charge in [-0.05, 0) is 53.8 Å². The summed E-state index contributed by atoms with van der Waals surface area (Å²) in [6.07, 6.45) is 1.36. The maximum Gasteiger partial charge on any atom is 0.410 e. The number of nitro benzene ring substituents is 1. The molecule has 33 heavy (non-hydrogen) atoms. The molecule has 0 radical (unpaired) electrons. The molecule has 1 atom stereocenters. The lowest BCUT2D eigenvalue weighted by Crippen LogP contribution is -2.31. The predicted molar refractivity (Wildman–Crippen MR) is 123 cm³/mol. The molecule has 1 aromatic heterocycles. The summed E-state index contributed by atoms with van der Waals surface area (Å²) in [7, 11) is 0. The molecule has 8 heteroatoms. The summed E-state index contributed by atoms with van der Waals surface area (Å²) >= 11 is 0. The maximum atomic E-state index is 12.7. The molecular formula is C25H22N4O4. The standard InChI is InChI=1S/C25H22N4O4/c30-25(33-16-17-5-2-1-3-6-17)28-14-4-7-23(28)24-26-21-13-10-19(15-22(21)27-24)18-8-11-20(12-9-18)29(31)32/h1-3,5-6,8-13,15,23H,4,7,14,16H2,(H,26,27). The number of nitrogens with one attached hydrogen (secondary N) is 1. The van der Waals surface area contributed by atoms with Crippen molar-refractivity contribution < 1.29 is 14.5 Å². The second-order valence-corrected chi connectivity index (χ2v) is 8.05. The quantitative estimate of drug-likeness (QED) is 0.320. The van der Waals surface area contributed by atoms with Gasteiger partial charge in [0.25, 0.3) is 5.69 Å². The number of amides is 1. The first kappa shape index (κ1) is 20.7. The number of H-pyrrole nitrogens is 1. The Morgan fingerprint density at radius 3 is 2.61 bits per heavy atom. The minimum Gasteiger partial charge on any atom is -0.445 e. The highest BCUT2D eigenvalue weighted by Gasteiger charge is 2.33. The molecule has 1 amide bonds. The number of aromatic nitrogens is 2. The Labute approximate surface area is 190 Å². The van der Waals surface area contributed by atoms with E-state index in [1.807, 2.05) is 48.5 Å². The van der Waals surface area contributed by atoms with Gasteiger partial charge in [-0.15, -0.1) is 0 Å². The molecule has 1 unspecified atom stereocenters. The molecule has 1 aliphatic heterocycles. The molecule has 0 bridgehead atoms. The second-order valence-electron chi connectivity index (χ2n) is 8.05. The van der Waals surface area contributed by atoms with E-state index in [1.54, 1.807) is 17.0 Å². The summed E-state index contributed by atoms with van der Waals surface area (Å²) in [6.45, 7) is 0.866. The fourth-order valence-electron chi connectivity index (χ4n) is 4.21. The highest BCUT2D eigenvalue weighted by atomic mass is 16.6. The maximum absolute atomic E-state index is 12.7. The molecule has 1 fully saturated rings. The van der Waals surface area contributed by atoms with Crippen molar-refractivity contribution in [2.24, 2.45) is 0 Å². The van der Waals surface area contributed by atoms with Crippen LogP contribution >= 0.6 is 0 Å². The highest BCUT2D eigenvalue weighted by molar-refractivity contribution is 5.82. The fourth-order valence-corrected chi connectivity index (χ4v) is 4.21. The fraction of sp³-hybridized carbons (Fsp3) is 0.200. The average molecular weight is 442 g/mol. The van der Waals surface area contributed by atoms with Crippen molar-refractivity contribution in [3.63, 3.8) is 0 Å². The molecular weight excluding hydrogens is 420 g/mol. The Kier molecular flexibility index (Phi) is 5.48. The van der Waals surface area contributed by atoms with E-state index in [4.69, 9.17) is 9.72 Å². The Balaban J connectivity index is 1.34. The van der Waals surface area contributed by atoms with Crippen molar-refractivity contribution in [3.05, 3.63) is 94.3 Å². The molecule has 4 aromatic rings. The van der Waals surface area contributed by atoms with Crippen LogP contribution in [0.15, 0.2) is 72.8 Å². The summed E-state index contributed by atoms with van der Waals surface area (Å²) < 4.78 is 5.54. The summed E-state index contributed by atoms with van der Waals surface area (Å²) in [6, 6.07) is 21.7. The van der Waals surface area contributed by atoms with Crippen molar-refractivity contribution in [2.75, 3.05) is 6.54 Å². The topological polar surface area (TPSA) is 101 Å². The SMILES string of the molecule is O=C(OCc1ccccc1)N1CCCC1c1nc2ccc(-c3ccc([N+](=O)[O-])cc3)cc2[nH]1. The molecule has 0 spiro atoms. The van der Waals surface area contributed by atoms with Crippen LogP contribution in [-0.2, 0) is 11.3 Å². The van der Waals surface area contributed by atoms with Gasteiger partial charge in [-0.25, -0.2) is 9.78 Å². The van der Waals surface area contributed by atoms with Crippen LogP contribution < -0.4 is 0 Å². The first-order valence-corrected chi connectivity index (χ1v) is 10.8. The van der Waals surface area contributed by atoms with Crippen LogP contribution in [0, 0.1) is 10.1 Å². The van der Waals surface area contributed by atoms with Crippen LogP contribution in [0.5, 0.6) is 0 Å². The highest BCUT2D eigenvalue weighted by Crippen LogP contribution is 2.33. The Hall–Kier alpha value is -4.20. The molecule has 1 saturated heterocycles. The number of rotatable bonds is 5. The first-order valence-electron chi connectivity index (χ1n) is 10.8. The van der Waals surface area contributed by atoms with Crippen molar-refractivity contribution in [2.45, 2.75) is 25.5 Å². The van der Waals surface area contributed by atoms with E-state index < -0.39 is 4.92 Å². The summed E-state index contributed by atoms with van der Waals surface area (Å²) in [5.41, 5.74) is 4.47. The number of aromatic amines is 1. The largest absolute Gasteiger partial charge is 0.445 e. The lowest BCUT2D eigenvalue weighted by molar-refractivity contribution is -0.384.